The number of aromatic nitrogens is 2. The number of rotatable bonds is 6. The Morgan fingerprint density at radius 3 is 2.78 bits per heavy atom. The normalized spacial score (nSPS) is 11.0. The zero-order valence-corrected chi connectivity index (χ0v) is 13.2. The Morgan fingerprint density at radius 1 is 1.30 bits per heavy atom. The van der Waals surface area contributed by atoms with Gasteiger partial charge in [-0.05, 0) is 35.2 Å². The van der Waals surface area contributed by atoms with E-state index in [1.165, 1.54) is 11.3 Å². The average molecular weight is 326 g/mol. The van der Waals surface area contributed by atoms with Gasteiger partial charge in [-0.25, -0.2) is 0 Å². The highest BCUT2D eigenvalue weighted by Crippen LogP contribution is 2.15. The minimum absolute atomic E-state index is 0.000877. The number of thiophene rings is 1. The zero-order valence-electron chi connectivity index (χ0n) is 12.4. The molecule has 0 fully saturated rings. The molecular formula is C17H14N2O3S. The van der Waals surface area contributed by atoms with Crippen LogP contribution in [0.5, 0.6) is 5.75 Å². The van der Waals surface area contributed by atoms with Gasteiger partial charge in [-0.3, -0.25) is 4.79 Å². The highest BCUT2D eigenvalue weighted by atomic mass is 32.1. The van der Waals surface area contributed by atoms with Crippen molar-refractivity contribution in [1.82, 2.24) is 10.1 Å². The lowest BCUT2D eigenvalue weighted by Crippen LogP contribution is -1.97. The molecule has 0 aliphatic carbocycles. The fourth-order valence-electron chi connectivity index (χ4n) is 1.90. The number of nitrogens with zero attached hydrogens (tertiary/aromatic N) is 2. The summed E-state index contributed by atoms with van der Waals surface area (Å²) < 4.78 is 10.4. The number of hydrogen-bond donors (Lipinski definition) is 0. The number of hydrogen-bond acceptors (Lipinski definition) is 6. The average Bonchev–Trinajstić information content (AvgIpc) is 3.23. The van der Waals surface area contributed by atoms with Gasteiger partial charge in [0.05, 0.1) is 0 Å². The lowest BCUT2D eigenvalue weighted by Gasteiger charge is -2.03. The van der Waals surface area contributed by atoms with Crippen molar-refractivity contribution in [1.29, 1.82) is 0 Å². The summed E-state index contributed by atoms with van der Waals surface area (Å²) in [6.07, 6.45) is 3.35. The molecule has 0 bridgehead atoms. The van der Waals surface area contributed by atoms with Crippen LogP contribution in [0.2, 0.25) is 0 Å². The van der Waals surface area contributed by atoms with Crippen LogP contribution in [0.15, 0.2) is 51.7 Å². The Labute approximate surface area is 137 Å². The highest BCUT2D eigenvalue weighted by Gasteiger charge is 2.03. The first kappa shape index (κ1) is 15.2. The minimum atomic E-state index is -0.000877. The molecule has 3 aromatic rings. The van der Waals surface area contributed by atoms with Crippen LogP contribution in [0.4, 0.5) is 0 Å². The van der Waals surface area contributed by atoms with Crippen molar-refractivity contribution in [3.8, 4) is 5.75 Å². The van der Waals surface area contributed by atoms with Crippen LogP contribution in [0.3, 0.4) is 0 Å². The van der Waals surface area contributed by atoms with Gasteiger partial charge in [-0.2, -0.15) is 16.3 Å². The maximum absolute atomic E-state index is 11.9. The maximum Gasteiger partial charge on any atom is 0.223 e. The second-order valence-corrected chi connectivity index (χ2v) is 5.58. The lowest BCUT2D eigenvalue weighted by atomic mass is 10.1. The van der Waals surface area contributed by atoms with Crippen molar-refractivity contribution in [3.63, 3.8) is 0 Å². The van der Waals surface area contributed by atoms with Crippen LogP contribution in [0.25, 0.3) is 6.08 Å². The van der Waals surface area contributed by atoms with Crippen LogP contribution in [-0.2, 0) is 6.61 Å². The lowest BCUT2D eigenvalue weighted by molar-refractivity contribution is 0.104. The molecule has 0 unspecified atom stereocenters. The van der Waals surface area contributed by atoms with Gasteiger partial charge in [0.25, 0.3) is 0 Å². The predicted octanol–water partition coefficient (Wildman–Crippen LogP) is 3.91. The summed E-state index contributed by atoms with van der Waals surface area (Å²) in [5.41, 5.74) is 1.64. The molecule has 2 aromatic heterocycles. The van der Waals surface area contributed by atoms with Gasteiger partial charge in [0.2, 0.25) is 11.7 Å². The summed E-state index contributed by atoms with van der Waals surface area (Å²) in [7, 11) is 0. The number of ether oxygens (including phenoxy) is 1. The van der Waals surface area contributed by atoms with E-state index in [4.69, 9.17) is 9.26 Å². The molecule has 116 valence electrons. The molecule has 23 heavy (non-hydrogen) atoms. The van der Waals surface area contributed by atoms with Gasteiger partial charge in [-0.1, -0.05) is 23.4 Å². The first-order valence-corrected chi connectivity index (χ1v) is 7.91. The first-order valence-electron chi connectivity index (χ1n) is 6.97. The van der Waals surface area contributed by atoms with Gasteiger partial charge in [-0.15, -0.1) is 0 Å². The molecule has 1 aromatic carbocycles. The molecule has 0 saturated heterocycles. The second-order valence-electron chi connectivity index (χ2n) is 4.80. The number of aryl methyl sites for hydroxylation is 1. The molecule has 0 aliphatic rings. The monoisotopic (exact) mass is 326 g/mol. The second kappa shape index (κ2) is 7.02. The van der Waals surface area contributed by atoms with Crippen molar-refractivity contribution in [2.45, 2.75) is 13.5 Å². The minimum Gasteiger partial charge on any atom is -0.485 e. The van der Waals surface area contributed by atoms with Gasteiger partial charge in [0.1, 0.15) is 5.75 Å². The summed E-state index contributed by atoms with van der Waals surface area (Å²) in [6, 6.07) is 9.25. The van der Waals surface area contributed by atoms with Crippen molar-refractivity contribution in [2.75, 3.05) is 0 Å². The molecule has 2 heterocycles. The quantitative estimate of drug-likeness (QED) is 0.507. The Bertz CT molecular complexity index is 805. The van der Waals surface area contributed by atoms with E-state index in [9.17, 15) is 4.79 Å². The van der Waals surface area contributed by atoms with E-state index in [1.807, 2.05) is 41.1 Å². The highest BCUT2D eigenvalue weighted by molar-refractivity contribution is 7.08. The van der Waals surface area contributed by atoms with Crippen LogP contribution < -0.4 is 4.74 Å². The number of carbonyl (C=O) groups excluding carboxylic acids is 1. The molecule has 0 amide bonds. The van der Waals surface area contributed by atoms with E-state index in [1.54, 1.807) is 19.1 Å². The zero-order chi connectivity index (χ0) is 16.1. The van der Waals surface area contributed by atoms with Crippen LogP contribution in [0.1, 0.15) is 27.6 Å². The van der Waals surface area contributed by atoms with Gasteiger partial charge in [0.15, 0.2) is 12.4 Å². The van der Waals surface area contributed by atoms with Crippen LogP contribution in [-0.4, -0.2) is 15.9 Å². The first-order chi connectivity index (χ1) is 11.2. The number of ketones is 1. The van der Waals surface area contributed by atoms with Gasteiger partial charge in [0, 0.05) is 17.9 Å². The van der Waals surface area contributed by atoms with E-state index in [0.29, 0.717) is 23.0 Å². The predicted molar refractivity (Wildman–Crippen MR) is 87.5 cm³/mol. The summed E-state index contributed by atoms with van der Waals surface area (Å²) in [5.74, 6) is 1.72. The molecular weight excluding hydrogens is 312 g/mol. The molecule has 0 N–H and O–H groups in total. The summed E-state index contributed by atoms with van der Waals surface area (Å²) in [5, 5.41) is 7.49. The molecule has 0 aliphatic heterocycles. The van der Waals surface area contributed by atoms with E-state index >= 15 is 0 Å². The number of carbonyl (C=O) groups is 1. The van der Waals surface area contributed by atoms with Gasteiger partial charge >= 0.3 is 0 Å². The van der Waals surface area contributed by atoms with Crippen LogP contribution in [0, 0.1) is 6.92 Å². The smallest absolute Gasteiger partial charge is 0.223 e. The Balaban J connectivity index is 1.57. The van der Waals surface area contributed by atoms with Crippen LogP contribution >= 0.6 is 11.3 Å². The Kier molecular flexibility index (Phi) is 4.63. The summed E-state index contributed by atoms with van der Waals surface area (Å²) >= 11 is 1.51. The standard InChI is InChI=1S/C17H14N2O3S/c1-12-18-17(19-22-12)10-21-15-5-2-13(3-6-15)4-7-16(20)14-8-9-23-11-14/h2-9,11H,10H2,1H3/b7-4-. The molecule has 5 nitrogen and oxygen atoms in total. The Hall–Kier alpha value is -2.73. The molecule has 0 saturated carbocycles. The summed E-state index contributed by atoms with van der Waals surface area (Å²) in [6.45, 7) is 1.98. The SMILES string of the molecule is Cc1nc(COc2ccc(/C=C\C(=O)c3ccsc3)cc2)no1. The van der Waals surface area contributed by atoms with E-state index in [-0.39, 0.29) is 12.4 Å². The molecule has 6 heteroatoms. The largest absolute Gasteiger partial charge is 0.485 e. The molecule has 0 atom stereocenters. The van der Waals surface area contributed by atoms with Crippen molar-refractivity contribution in [2.24, 2.45) is 0 Å². The maximum atomic E-state index is 11.9. The molecule has 0 spiro atoms. The van der Waals surface area contributed by atoms with Crippen molar-refractivity contribution in [3.05, 3.63) is 70.0 Å². The van der Waals surface area contributed by atoms with E-state index in [2.05, 4.69) is 10.1 Å². The Morgan fingerprint density at radius 2 is 2.13 bits per heavy atom. The fraction of sp³-hybridized carbons (Fsp3) is 0.118. The topological polar surface area (TPSA) is 65.2 Å². The molecule has 0 radical (unpaired) electrons. The fourth-order valence-corrected chi connectivity index (χ4v) is 2.54. The number of benzene rings is 1. The third kappa shape index (κ3) is 4.14. The summed E-state index contributed by atoms with van der Waals surface area (Å²) in [4.78, 5) is 15.9. The third-order valence-electron chi connectivity index (χ3n) is 3.05. The van der Waals surface area contributed by atoms with Crippen molar-refractivity contribution < 1.29 is 14.1 Å². The molecule has 3 rings (SSSR count). The third-order valence-corrected chi connectivity index (χ3v) is 3.73. The van der Waals surface area contributed by atoms with E-state index in [0.717, 1.165) is 5.56 Å². The van der Waals surface area contributed by atoms with Gasteiger partial charge < -0.3 is 9.26 Å². The number of allylic oxidation sites excluding steroid dienone is 1. The van der Waals surface area contributed by atoms with E-state index < -0.39 is 0 Å². The van der Waals surface area contributed by atoms with Crippen molar-refractivity contribution >= 4 is 23.2 Å².